The molecule has 0 radical (unpaired) electrons. The molecule has 0 saturated heterocycles. The number of esters is 1. The molecule has 0 aliphatic carbocycles. The predicted molar refractivity (Wildman–Crippen MR) is 80.1 cm³/mol. The van der Waals surface area contributed by atoms with E-state index in [9.17, 15) is 4.79 Å². The average molecular weight is 324 g/mol. The minimum absolute atomic E-state index is 0.0802. The molecule has 0 atom stereocenters. The molecular formula is C15H18BrNO2. The van der Waals surface area contributed by atoms with Crippen LogP contribution in [-0.4, -0.2) is 17.6 Å². The van der Waals surface area contributed by atoms with Gasteiger partial charge in [-0.3, -0.25) is 4.79 Å². The Hall–Kier alpha value is -1.29. The number of benzene rings is 1. The number of H-pyrrole nitrogens is 1. The van der Waals surface area contributed by atoms with Crippen LogP contribution in [-0.2, 0) is 16.0 Å². The molecule has 102 valence electrons. The summed E-state index contributed by atoms with van der Waals surface area (Å²) in [5.74, 6) is -0.227. The van der Waals surface area contributed by atoms with E-state index in [1.54, 1.807) is 0 Å². The molecular weight excluding hydrogens is 306 g/mol. The molecule has 1 aromatic carbocycles. The van der Waals surface area contributed by atoms with Gasteiger partial charge in [-0.05, 0) is 30.2 Å². The van der Waals surface area contributed by atoms with E-state index in [0.29, 0.717) is 6.61 Å². The molecule has 0 unspecified atom stereocenters. The summed E-state index contributed by atoms with van der Waals surface area (Å²) in [4.78, 5) is 14.2. The topological polar surface area (TPSA) is 42.1 Å². The van der Waals surface area contributed by atoms with E-state index >= 15 is 0 Å². The van der Waals surface area contributed by atoms with Crippen LogP contribution in [0.4, 0.5) is 0 Å². The molecule has 0 aliphatic rings. The number of hydrogen-bond donors (Lipinski definition) is 1. The van der Waals surface area contributed by atoms with Crippen LogP contribution in [0.3, 0.4) is 0 Å². The minimum atomic E-state index is -0.227. The Balaban J connectivity index is 2.20. The number of halogens is 1. The first-order chi connectivity index (χ1) is 8.87. The van der Waals surface area contributed by atoms with Gasteiger partial charge in [-0.1, -0.05) is 29.8 Å². The molecule has 0 spiro atoms. The molecule has 2 rings (SSSR count). The van der Waals surface area contributed by atoms with Crippen molar-refractivity contribution in [2.24, 2.45) is 5.41 Å². The lowest BCUT2D eigenvalue weighted by molar-refractivity contribution is -0.143. The molecule has 2 aromatic rings. The summed E-state index contributed by atoms with van der Waals surface area (Å²) in [7, 11) is 0. The van der Waals surface area contributed by atoms with Gasteiger partial charge in [0, 0.05) is 33.9 Å². The second-order valence-electron chi connectivity index (χ2n) is 5.63. The van der Waals surface area contributed by atoms with Crippen molar-refractivity contribution in [3.63, 3.8) is 0 Å². The maximum atomic E-state index is 10.9. The van der Waals surface area contributed by atoms with Crippen LogP contribution in [0.2, 0.25) is 0 Å². The zero-order valence-electron chi connectivity index (χ0n) is 11.4. The molecule has 0 aliphatic heterocycles. The van der Waals surface area contributed by atoms with Crippen molar-refractivity contribution in [1.82, 2.24) is 4.98 Å². The summed E-state index contributed by atoms with van der Waals surface area (Å²) in [6, 6.07) is 6.19. The molecule has 0 bridgehead atoms. The van der Waals surface area contributed by atoms with Gasteiger partial charge in [0.2, 0.25) is 0 Å². The van der Waals surface area contributed by atoms with E-state index in [1.807, 2.05) is 12.3 Å². The summed E-state index contributed by atoms with van der Waals surface area (Å²) in [6.07, 6.45) is 2.89. The van der Waals surface area contributed by atoms with Crippen molar-refractivity contribution in [2.75, 3.05) is 6.61 Å². The Kier molecular flexibility index (Phi) is 3.99. The van der Waals surface area contributed by atoms with Crippen LogP contribution in [0.25, 0.3) is 10.9 Å². The molecule has 3 nitrogen and oxygen atoms in total. The van der Waals surface area contributed by atoms with Gasteiger partial charge >= 0.3 is 5.97 Å². The molecule has 4 heteroatoms. The van der Waals surface area contributed by atoms with Gasteiger partial charge in [-0.15, -0.1) is 0 Å². The predicted octanol–water partition coefficient (Wildman–Crippen LogP) is 4.06. The summed E-state index contributed by atoms with van der Waals surface area (Å²) in [5.41, 5.74) is 2.29. The second-order valence-corrected chi connectivity index (χ2v) is 6.54. The van der Waals surface area contributed by atoms with Gasteiger partial charge in [0.05, 0.1) is 6.61 Å². The quantitative estimate of drug-likeness (QED) is 0.862. The van der Waals surface area contributed by atoms with Crippen LogP contribution in [0, 0.1) is 5.41 Å². The third-order valence-corrected chi connectivity index (χ3v) is 3.56. The normalized spacial score (nSPS) is 11.8. The SMILES string of the molecule is CC(=O)OCC(C)(C)Cc1c[nH]c2ccc(Br)cc12. The first-order valence-electron chi connectivity index (χ1n) is 6.26. The highest BCUT2D eigenvalue weighted by Crippen LogP contribution is 2.29. The Morgan fingerprint density at radius 3 is 2.84 bits per heavy atom. The van der Waals surface area contributed by atoms with Crippen LogP contribution in [0.15, 0.2) is 28.9 Å². The third-order valence-electron chi connectivity index (χ3n) is 3.06. The van der Waals surface area contributed by atoms with E-state index in [-0.39, 0.29) is 11.4 Å². The highest BCUT2D eigenvalue weighted by molar-refractivity contribution is 9.10. The number of ether oxygens (including phenoxy) is 1. The molecule has 1 N–H and O–H groups in total. The number of fused-ring (bicyclic) bond motifs is 1. The number of aromatic nitrogens is 1. The summed E-state index contributed by atoms with van der Waals surface area (Å²) < 4.78 is 6.20. The largest absolute Gasteiger partial charge is 0.465 e. The van der Waals surface area contributed by atoms with E-state index in [1.165, 1.54) is 17.9 Å². The fourth-order valence-electron chi connectivity index (χ4n) is 2.16. The van der Waals surface area contributed by atoms with Crippen LogP contribution in [0.1, 0.15) is 26.3 Å². The van der Waals surface area contributed by atoms with Crippen molar-refractivity contribution in [2.45, 2.75) is 27.2 Å². The first-order valence-corrected chi connectivity index (χ1v) is 7.05. The number of nitrogens with one attached hydrogen (secondary N) is 1. The number of rotatable bonds is 4. The second kappa shape index (κ2) is 5.37. The monoisotopic (exact) mass is 323 g/mol. The van der Waals surface area contributed by atoms with Crippen molar-refractivity contribution in [3.8, 4) is 0 Å². The summed E-state index contributed by atoms with van der Waals surface area (Å²) in [5, 5.41) is 1.21. The van der Waals surface area contributed by atoms with E-state index < -0.39 is 0 Å². The molecule has 0 fully saturated rings. The lowest BCUT2D eigenvalue weighted by atomic mass is 9.86. The number of carbonyl (C=O) groups is 1. The Bertz CT molecular complexity index is 601. The Labute approximate surface area is 121 Å². The highest BCUT2D eigenvalue weighted by atomic mass is 79.9. The lowest BCUT2D eigenvalue weighted by Crippen LogP contribution is -2.23. The molecule has 19 heavy (non-hydrogen) atoms. The molecule has 0 saturated carbocycles. The average Bonchev–Trinajstić information content (AvgIpc) is 2.69. The van der Waals surface area contributed by atoms with Crippen LogP contribution >= 0.6 is 15.9 Å². The summed E-state index contributed by atoms with van der Waals surface area (Å²) >= 11 is 3.50. The maximum Gasteiger partial charge on any atom is 0.302 e. The summed E-state index contributed by atoms with van der Waals surface area (Å²) in [6.45, 7) is 6.08. The highest BCUT2D eigenvalue weighted by Gasteiger charge is 2.22. The lowest BCUT2D eigenvalue weighted by Gasteiger charge is -2.23. The van der Waals surface area contributed by atoms with Gasteiger partial charge in [-0.2, -0.15) is 0 Å². The van der Waals surface area contributed by atoms with Gasteiger partial charge < -0.3 is 9.72 Å². The van der Waals surface area contributed by atoms with Crippen LogP contribution in [0.5, 0.6) is 0 Å². The first kappa shape index (κ1) is 14.1. The fourth-order valence-corrected chi connectivity index (χ4v) is 2.52. The Morgan fingerprint density at radius 1 is 1.42 bits per heavy atom. The van der Waals surface area contributed by atoms with Gasteiger partial charge in [0.1, 0.15) is 0 Å². The minimum Gasteiger partial charge on any atom is -0.465 e. The third kappa shape index (κ3) is 3.60. The number of hydrogen-bond acceptors (Lipinski definition) is 2. The molecule has 1 heterocycles. The van der Waals surface area contributed by atoms with Crippen LogP contribution < -0.4 is 0 Å². The zero-order chi connectivity index (χ0) is 14.0. The van der Waals surface area contributed by atoms with Crippen molar-refractivity contribution in [1.29, 1.82) is 0 Å². The smallest absolute Gasteiger partial charge is 0.302 e. The van der Waals surface area contributed by atoms with Crippen molar-refractivity contribution >= 4 is 32.8 Å². The fraction of sp³-hybridized carbons (Fsp3) is 0.400. The van der Waals surface area contributed by atoms with Gasteiger partial charge in [0.15, 0.2) is 0 Å². The molecule has 1 aromatic heterocycles. The van der Waals surface area contributed by atoms with Crippen molar-refractivity contribution in [3.05, 3.63) is 34.4 Å². The number of carbonyl (C=O) groups excluding carboxylic acids is 1. The number of aromatic amines is 1. The standard InChI is InChI=1S/C15H18BrNO2/c1-10(18)19-9-15(2,3)7-11-8-17-14-5-4-12(16)6-13(11)14/h4-6,8,17H,7,9H2,1-3H3. The van der Waals surface area contributed by atoms with E-state index in [4.69, 9.17) is 4.74 Å². The van der Waals surface area contributed by atoms with Gasteiger partial charge in [-0.25, -0.2) is 0 Å². The maximum absolute atomic E-state index is 10.9. The zero-order valence-corrected chi connectivity index (χ0v) is 13.0. The van der Waals surface area contributed by atoms with Crippen molar-refractivity contribution < 1.29 is 9.53 Å². The van der Waals surface area contributed by atoms with E-state index in [2.05, 4.69) is 46.9 Å². The van der Waals surface area contributed by atoms with E-state index in [0.717, 1.165) is 16.4 Å². The molecule has 0 amide bonds. The van der Waals surface area contributed by atoms with Gasteiger partial charge in [0.25, 0.3) is 0 Å². The Morgan fingerprint density at radius 2 is 2.16 bits per heavy atom.